The van der Waals surface area contributed by atoms with Crippen molar-refractivity contribution in [2.24, 2.45) is 0 Å². The van der Waals surface area contributed by atoms with Gasteiger partial charge in [-0.2, -0.15) is 0 Å². The summed E-state index contributed by atoms with van der Waals surface area (Å²) in [7, 11) is 0. The Balaban J connectivity index is 1.64. The summed E-state index contributed by atoms with van der Waals surface area (Å²) in [5, 5.41) is 4.03. The van der Waals surface area contributed by atoms with Gasteiger partial charge in [0, 0.05) is 23.8 Å². The van der Waals surface area contributed by atoms with Gasteiger partial charge in [0.1, 0.15) is 17.6 Å². The second kappa shape index (κ2) is 9.03. The number of pyridine rings is 1. The van der Waals surface area contributed by atoms with Crippen LogP contribution >= 0.6 is 12.2 Å². The fourth-order valence-electron chi connectivity index (χ4n) is 4.30. The van der Waals surface area contributed by atoms with E-state index in [1.165, 1.54) is 6.07 Å². The first kappa shape index (κ1) is 21.2. The number of hydrogen-bond acceptors (Lipinski definition) is 3. The second-order valence-corrected chi connectivity index (χ2v) is 8.06. The molecule has 3 heterocycles. The number of nitrogens with one attached hydrogen (secondary N) is 1. The molecule has 2 aromatic carbocycles. The van der Waals surface area contributed by atoms with E-state index in [4.69, 9.17) is 17.0 Å². The summed E-state index contributed by atoms with van der Waals surface area (Å²) in [6, 6.07) is 23.9. The Morgan fingerprint density at radius 3 is 2.52 bits per heavy atom. The third-order valence-corrected chi connectivity index (χ3v) is 6.03. The van der Waals surface area contributed by atoms with Crippen molar-refractivity contribution in [2.75, 3.05) is 11.5 Å². The van der Waals surface area contributed by atoms with Crippen molar-refractivity contribution in [3.05, 3.63) is 108 Å². The summed E-state index contributed by atoms with van der Waals surface area (Å²) >= 11 is 5.79. The van der Waals surface area contributed by atoms with Gasteiger partial charge in [-0.25, -0.2) is 4.39 Å². The molecule has 5 rings (SSSR count). The normalized spacial score (nSPS) is 17.8. The molecular weight excluding hydrogens is 435 g/mol. The zero-order valence-corrected chi connectivity index (χ0v) is 18.9. The summed E-state index contributed by atoms with van der Waals surface area (Å²) in [6.45, 7) is 2.56. The highest BCUT2D eigenvalue weighted by molar-refractivity contribution is 7.80. The average molecular weight is 459 g/mol. The molecule has 166 valence electrons. The van der Waals surface area contributed by atoms with Gasteiger partial charge in [-0.1, -0.05) is 18.2 Å². The highest BCUT2D eigenvalue weighted by Crippen LogP contribution is 2.42. The molecule has 4 aromatic rings. The smallest absolute Gasteiger partial charge is 0.174 e. The zero-order chi connectivity index (χ0) is 22.8. The molecule has 0 radical (unpaired) electrons. The second-order valence-electron chi connectivity index (χ2n) is 7.68. The Kier molecular flexibility index (Phi) is 5.79. The Morgan fingerprint density at radius 2 is 1.79 bits per heavy atom. The molecule has 0 bridgehead atoms. The van der Waals surface area contributed by atoms with E-state index in [2.05, 4.69) is 15.2 Å². The van der Waals surface area contributed by atoms with E-state index in [1.54, 1.807) is 18.3 Å². The molecule has 0 amide bonds. The van der Waals surface area contributed by atoms with Crippen molar-refractivity contribution in [2.45, 2.75) is 19.0 Å². The summed E-state index contributed by atoms with van der Waals surface area (Å²) in [6.07, 6.45) is 3.65. The molecule has 2 atom stereocenters. The standard InChI is InChI=1S/C26H23FN4OS/c1-2-32-19-14-12-18(13-15-19)31-25(24(29-26(31)33)21-9-5-6-16-28-21)23-11-7-17-30(23)22-10-4-3-8-20(22)27/h3-17,24-25H,2H2,1H3,(H,29,33)/t24-,25-/m1/s1. The van der Waals surface area contributed by atoms with E-state index in [-0.39, 0.29) is 17.9 Å². The van der Waals surface area contributed by atoms with Gasteiger partial charge >= 0.3 is 0 Å². The maximum Gasteiger partial charge on any atom is 0.174 e. The van der Waals surface area contributed by atoms with Crippen LogP contribution in [0, 0.1) is 5.82 Å². The van der Waals surface area contributed by atoms with Crippen molar-refractivity contribution in [3.8, 4) is 11.4 Å². The maximum atomic E-state index is 14.8. The van der Waals surface area contributed by atoms with Gasteiger partial charge in [-0.15, -0.1) is 0 Å². The monoisotopic (exact) mass is 458 g/mol. The van der Waals surface area contributed by atoms with Crippen LogP contribution < -0.4 is 15.0 Å². The number of ether oxygens (including phenoxy) is 1. The van der Waals surface area contributed by atoms with E-state index in [1.807, 2.05) is 78.4 Å². The van der Waals surface area contributed by atoms with Gasteiger partial charge in [-0.3, -0.25) is 4.98 Å². The number of thiocarbonyl (C=S) groups is 1. The minimum absolute atomic E-state index is 0.217. The van der Waals surface area contributed by atoms with Gasteiger partial charge in [-0.05, 0) is 79.8 Å². The van der Waals surface area contributed by atoms with E-state index in [0.29, 0.717) is 17.4 Å². The predicted octanol–water partition coefficient (Wildman–Crippen LogP) is 5.59. The van der Waals surface area contributed by atoms with Crippen molar-refractivity contribution < 1.29 is 9.13 Å². The zero-order valence-electron chi connectivity index (χ0n) is 18.1. The molecule has 33 heavy (non-hydrogen) atoms. The highest BCUT2D eigenvalue weighted by Gasteiger charge is 2.42. The number of nitrogens with zero attached hydrogens (tertiary/aromatic N) is 3. The molecule has 5 nitrogen and oxygen atoms in total. The molecule has 1 aliphatic rings. The summed E-state index contributed by atoms with van der Waals surface area (Å²) < 4.78 is 22.2. The molecule has 1 N–H and O–H groups in total. The van der Waals surface area contributed by atoms with Crippen molar-refractivity contribution in [1.29, 1.82) is 0 Å². The number of hydrogen-bond donors (Lipinski definition) is 1. The van der Waals surface area contributed by atoms with Crippen molar-refractivity contribution in [3.63, 3.8) is 0 Å². The van der Waals surface area contributed by atoms with Gasteiger partial charge in [0.2, 0.25) is 0 Å². The fraction of sp³-hybridized carbons (Fsp3) is 0.154. The van der Waals surface area contributed by atoms with Crippen molar-refractivity contribution in [1.82, 2.24) is 14.9 Å². The van der Waals surface area contributed by atoms with E-state index >= 15 is 0 Å². The van der Waals surface area contributed by atoms with Crippen LogP contribution in [0.1, 0.15) is 30.4 Å². The van der Waals surface area contributed by atoms with E-state index in [0.717, 1.165) is 22.8 Å². The molecule has 0 aliphatic carbocycles. The largest absolute Gasteiger partial charge is 0.494 e. The molecule has 1 saturated heterocycles. The van der Waals surface area contributed by atoms with E-state index < -0.39 is 0 Å². The van der Waals surface area contributed by atoms with Gasteiger partial charge in [0.25, 0.3) is 0 Å². The Bertz CT molecular complexity index is 1260. The Hall–Kier alpha value is -3.71. The van der Waals surface area contributed by atoms with Crippen LogP contribution in [0.2, 0.25) is 0 Å². The van der Waals surface area contributed by atoms with Gasteiger partial charge in [0.15, 0.2) is 5.11 Å². The number of para-hydroxylation sites is 1. The lowest BCUT2D eigenvalue weighted by Gasteiger charge is -2.29. The third kappa shape index (κ3) is 3.96. The van der Waals surface area contributed by atoms with Crippen LogP contribution in [0.4, 0.5) is 10.1 Å². The van der Waals surface area contributed by atoms with Crippen LogP contribution in [0.25, 0.3) is 5.69 Å². The number of benzene rings is 2. The number of rotatable bonds is 6. The molecule has 0 spiro atoms. The molecule has 0 saturated carbocycles. The molecular formula is C26H23FN4OS. The first-order chi connectivity index (χ1) is 16.2. The first-order valence-electron chi connectivity index (χ1n) is 10.8. The lowest BCUT2D eigenvalue weighted by atomic mass is 10.0. The summed E-state index contributed by atoms with van der Waals surface area (Å²) in [4.78, 5) is 6.66. The maximum absolute atomic E-state index is 14.8. The number of aromatic nitrogens is 2. The predicted molar refractivity (Wildman–Crippen MR) is 131 cm³/mol. The SMILES string of the molecule is CCOc1ccc(N2C(=S)N[C@H](c3ccccn3)[C@H]2c2cccn2-c2ccccc2F)cc1. The lowest BCUT2D eigenvalue weighted by molar-refractivity contribution is 0.340. The molecule has 1 fully saturated rings. The van der Waals surface area contributed by atoms with Crippen molar-refractivity contribution >= 4 is 23.0 Å². The fourth-order valence-corrected chi connectivity index (χ4v) is 4.65. The molecule has 1 aliphatic heterocycles. The topological polar surface area (TPSA) is 42.3 Å². The van der Waals surface area contributed by atoms with Crippen LogP contribution in [-0.4, -0.2) is 21.3 Å². The quantitative estimate of drug-likeness (QED) is 0.382. The first-order valence-corrected chi connectivity index (χ1v) is 11.2. The highest BCUT2D eigenvalue weighted by atomic mass is 32.1. The number of anilines is 1. The van der Waals surface area contributed by atoms with Gasteiger partial charge < -0.3 is 19.5 Å². The Morgan fingerprint density at radius 1 is 1.00 bits per heavy atom. The lowest BCUT2D eigenvalue weighted by Crippen LogP contribution is -2.30. The molecule has 7 heteroatoms. The van der Waals surface area contributed by atoms with Crippen LogP contribution in [0.5, 0.6) is 5.75 Å². The number of halogens is 1. The Labute approximate surface area is 197 Å². The van der Waals surface area contributed by atoms with Crippen LogP contribution in [0.3, 0.4) is 0 Å². The minimum atomic E-state index is -0.287. The summed E-state index contributed by atoms with van der Waals surface area (Å²) in [5.41, 5.74) is 3.17. The molecule has 2 aromatic heterocycles. The van der Waals surface area contributed by atoms with Crippen LogP contribution in [-0.2, 0) is 0 Å². The van der Waals surface area contributed by atoms with E-state index in [9.17, 15) is 4.39 Å². The van der Waals surface area contributed by atoms with Gasteiger partial charge in [0.05, 0.1) is 24.0 Å². The molecule has 0 unspecified atom stereocenters. The van der Waals surface area contributed by atoms with Crippen LogP contribution in [0.15, 0.2) is 91.3 Å². The summed E-state index contributed by atoms with van der Waals surface area (Å²) in [5.74, 6) is 0.511. The average Bonchev–Trinajstić information content (AvgIpc) is 3.45. The minimum Gasteiger partial charge on any atom is -0.494 e. The third-order valence-electron chi connectivity index (χ3n) is 5.72.